The van der Waals surface area contributed by atoms with Gasteiger partial charge in [-0.15, -0.1) is 11.8 Å². The molecule has 0 bridgehead atoms. The molecule has 2 heterocycles. The Morgan fingerprint density at radius 2 is 2.44 bits per heavy atom. The largest absolute Gasteiger partial charge is 0.393 e. The number of H-pyrrole nitrogens is 1. The van der Waals surface area contributed by atoms with Crippen LogP contribution in [-0.4, -0.2) is 33.3 Å². The fourth-order valence-corrected chi connectivity index (χ4v) is 2.52. The zero-order chi connectivity index (χ0) is 11.7. The molecule has 0 aliphatic carbocycles. The monoisotopic (exact) mass is 244 g/mol. The number of nitrogens with zero attached hydrogens (tertiary/aromatic N) is 1. The number of aromatic nitrogens is 2. The van der Waals surface area contributed by atoms with E-state index in [2.05, 4.69) is 4.98 Å². The van der Waals surface area contributed by atoms with Gasteiger partial charge in [-0.3, -0.25) is 14.3 Å². The van der Waals surface area contributed by atoms with Gasteiger partial charge in [-0.2, -0.15) is 0 Å². The van der Waals surface area contributed by atoms with Crippen molar-refractivity contribution in [3.05, 3.63) is 32.6 Å². The molecule has 0 amide bonds. The maximum atomic E-state index is 11.6. The summed E-state index contributed by atoms with van der Waals surface area (Å²) in [7, 11) is 0. The van der Waals surface area contributed by atoms with Crippen LogP contribution in [0.4, 0.5) is 0 Å². The Labute approximate surface area is 95.3 Å². The Balaban J connectivity index is 2.32. The molecule has 2 atom stereocenters. The molecule has 1 aromatic rings. The number of aryl methyl sites for hydroxylation is 1. The van der Waals surface area contributed by atoms with Crippen molar-refractivity contribution < 1.29 is 9.84 Å². The lowest BCUT2D eigenvalue weighted by Gasteiger charge is -2.11. The number of rotatable bonds is 2. The molecule has 0 saturated carbocycles. The number of aromatic amines is 1. The number of thioether (sulfide) groups is 1. The van der Waals surface area contributed by atoms with E-state index in [1.165, 1.54) is 22.5 Å². The lowest BCUT2D eigenvalue weighted by Crippen LogP contribution is -2.32. The van der Waals surface area contributed by atoms with Gasteiger partial charge in [0, 0.05) is 11.8 Å². The molecule has 1 aromatic heterocycles. The van der Waals surface area contributed by atoms with Crippen LogP contribution in [0.5, 0.6) is 0 Å². The van der Waals surface area contributed by atoms with Gasteiger partial charge in [-0.25, -0.2) is 4.79 Å². The van der Waals surface area contributed by atoms with Crippen LogP contribution >= 0.6 is 11.8 Å². The summed E-state index contributed by atoms with van der Waals surface area (Å²) in [6, 6.07) is 0. The molecule has 2 N–H and O–H groups in total. The third-order valence-electron chi connectivity index (χ3n) is 2.34. The fourth-order valence-electron chi connectivity index (χ4n) is 1.49. The number of aliphatic hydroxyl groups excluding tert-OH is 1. The molecule has 1 fully saturated rings. The highest BCUT2D eigenvalue weighted by Gasteiger charge is 2.27. The van der Waals surface area contributed by atoms with Crippen molar-refractivity contribution >= 4 is 11.8 Å². The van der Waals surface area contributed by atoms with Crippen molar-refractivity contribution in [3.63, 3.8) is 0 Å². The molecule has 88 valence electrons. The number of hydrogen-bond donors (Lipinski definition) is 2. The van der Waals surface area contributed by atoms with E-state index in [-0.39, 0.29) is 23.0 Å². The highest BCUT2D eigenvalue weighted by Crippen LogP contribution is 2.33. The SMILES string of the molecule is Cc1cn([C@@H]2CO[C@@H](CO)S2)c(=O)[nH]c1=O. The third-order valence-corrected chi connectivity index (χ3v) is 3.60. The number of nitrogens with one attached hydrogen (secondary N) is 1. The first-order valence-electron chi connectivity index (χ1n) is 4.82. The lowest BCUT2D eigenvalue weighted by atomic mass is 10.4. The minimum absolute atomic E-state index is 0.0851. The Morgan fingerprint density at radius 3 is 3.06 bits per heavy atom. The Morgan fingerprint density at radius 1 is 1.69 bits per heavy atom. The molecule has 7 heteroatoms. The minimum atomic E-state index is -0.449. The van der Waals surface area contributed by atoms with Crippen LogP contribution in [0.15, 0.2) is 15.8 Å². The molecule has 6 nitrogen and oxygen atoms in total. The molecule has 16 heavy (non-hydrogen) atoms. The second-order valence-corrected chi connectivity index (χ2v) is 4.86. The van der Waals surface area contributed by atoms with Gasteiger partial charge in [0.1, 0.15) is 10.8 Å². The zero-order valence-electron chi connectivity index (χ0n) is 8.67. The van der Waals surface area contributed by atoms with Crippen LogP contribution in [0.2, 0.25) is 0 Å². The van der Waals surface area contributed by atoms with E-state index in [4.69, 9.17) is 9.84 Å². The minimum Gasteiger partial charge on any atom is -0.393 e. The number of aliphatic hydroxyl groups is 1. The van der Waals surface area contributed by atoms with Crippen molar-refractivity contribution in [2.75, 3.05) is 13.2 Å². The summed E-state index contributed by atoms with van der Waals surface area (Å²) in [4.78, 5) is 25.0. The van der Waals surface area contributed by atoms with Crippen molar-refractivity contribution in [2.45, 2.75) is 17.7 Å². The van der Waals surface area contributed by atoms with Gasteiger partial charge in [-0.05, 0) is 6.92 Å². The van der Waals surface area contributed by atoms with Crippen LogP contribution in [0.25, 0.3) is 0 Å². The number of ether oxygens (including phenoxy) is 1. The highest BCUT2D eigenvalue weighted by atomic mass is 32.2. The quantitative estimate of drug-likeness (QED) is 0.727. The van der Waals surface area contributed by atoms with Crippen molar-refractivity contribution in [1.82, 2.24) is 9.55 Å². The van der Waals surface area contributed by atoms with Crippen LogP contribution in [0.1, 0.15) is 10.9 Å². The molecule has 0 spiro atoms. The molecule has 1 saturated heterocycles. The Hall–Kier alpha value is -1.05. The van der Waals surface area contributed by atoms with Gasteiger partial charge in [0.25, 0.3) is 5.56 Å². The normalized spacial score (nSPS) is 24.9. The second kappa shape index (κ2) is 4.44. The van der Waals surface area contributed by atoms with Crippen molar-refractivity contribution in [3.8, 4) is 0 Å². The third kappa shape index (κ3) is 2.06. The Bertz CT molecular complexity index is 495. The highest BCUT2D eigenvalue weighted by molar-refractivity contribution is 8.00. The lowest BCUT2D eigenvalue weighted by molar-refractivity contribution is 0.0803. The summed E-state index contributed by atoms with van der Waals surface area (Å²) in [5.74, 6) is 0. The zero-order valence-corrected chi connectivity index (χ0v) is 9.49. The first kappa shape index (κ1) is 11.4. The molecular formula is C9H12N2O4S. The summed E-state index contributed by atoms with van der Waals surface area (Å²) in [6.07, 6.45) is 1.52. The summed E-state index contributed by atoms with van der Waals surface area (Å²) >= 11 is 1.36. The van der Waals surface area contributed by atoms with E-state index in [0.717, 1.165) is 0 Å². The summed E-state index contributed by atoms with van der Waals surface area (Å²) in [5, 5.41) is 8.71. The maximum absolute atomic E-state index is 11.6. The average Bonchev–Trinajstić information content (AvgIpc) is 2.71. The van der Waals surface area contributed by atoms with E-state index in [0.29, 0.717) is 12.2 Å². The molecule has 2 rings (SSSR count). The van der Waals surface area contributed by atoms with Gasteiger partial charge in [0.15, 0.2) is 0 Å². The standard InChI is InChI=1S/C9H12N2O4S/c1-5-2-11(9(14)10-8(5)13)6-4-15-7(3-12)16-6/h2,6-7,12H,3-4H2,1H3,(H,10,13,14)/t6-,7+/m0/s1. The van der Waals surface area contributed by atoms with Crippen LogP contribution < -0.4 is 11.2 Å². The summed E-state index contributed by atoms with van der Waals surface area (Å²) < 4.78 is 6.68. The predicted molar refractivity (Wildman–Crippen MR) is 59.5 cm³/mol. The topological polar surface area (TPSA) is 84.3 Å². The van der Waals surface area contributed by atoms with E-state index >= 15 is 0 Å². The van der Waals surface area contributed by atoms with Gasteiger partial charge in [-0.1, -0.05) is 0 Å². The molecular weight excluding hydrogens is 232 g/mol. The van der Waals surface area contributed by atoms with Gasteiger partial charge >= 0.3 is 5.69 Å². The average molecular weight is 244 g/mol. The summed E-state index contributed by atoms with van der Waals surface area (Å²) in [5.41, 5.74) is -0.643. The smallest absolute Gasteiger partial charge is 0.329 e. The van der Waals surface area contributed by atoms with Crippen molar-refractivity contribution in [2.24, 2.45) is 0 Å². The first-order valence-corrected chi connectivity index (χ1v) is 5.76. The Kier molecular flexibility index (Phi) is 3.17. The maximum Gasteiger partial charge on any atom is 0.329 e. The van der Waals surface area contributed by atoms with Crippen LogP contribution in [0, 0.1) is 6.92 Å². The molecule has 1 aliphatic heterocycles. The van der Waals surface area contributed by atoms with Crippen LogP contribution in [-0.2, 0) is 4.74 Å². The number of hydrogen-bond acceptors (Lipinski definition) is 5. The molecule has 0 aromatic carbocycles. The van der Waals surface area contributed by atoms with E-state index < -0.39 is 5.69 Å². The second-order valence-electron chi connectivity index (χ2n) is 3.51. The fraction of sp³-hybridized carbons (Fsp3) is 0.556. The summed E-state index contributed by atoms with van der Waals surface area (Å²) in [6.45, 7) is 1.90. The first-order chi connectivity index (χ1) is 7.61. The van der Waals surface area contributed by atoms with Gasteiger partial charge in [0.2, 0.25) is 0 Å². The predicted octanol–water partition coefficient (Wildman–Crippen LogP) is -0.575. The van der Waals surface area contributed by atoms with Gasteiger partial charge < -0.3 is 9.84 Å². The molecule has 0 unspecified atom stereocenters. The molecule has 0 radical (unpaired) electrons. The van der Waals surface area contributed by atoms with Crippen molar-refractivity contribution in [1.29, 1.82) is 0 Å². The van der Waals surface area contributed by atoms with E-state index in [9.17, 15) is 9.59 Å². The van der Waals surface area contributed by atoms with Gasteiger partial charge in [0.05, 0.1) is 13.2 Å². The van der Waals surface area contributed by atoms with Crippen LogP contribution in [0.3, 0.4) is 0 Å². The molecule has 1 aliphatic rings. The van der Waals surface area contributed by atoms with E-state index in [1.54, 1.807) is 6.92 Å². The van der Waals surface area contributed by atoms with E-state index in [1.807, 2.05) is 0 Å².